The fourth-order valence-corrected chi connectivity index (χ4v) is 2.86. The number of nitrogens with zero attached hydrogens (tertiary/aromatic N) is 3. The number of benzene rings is 1. The molecular weight excluding hydrogens is 318 g/mol. The highest BCUT2D eigenvalue weighted by Gasteiger charge is 2.23. The Morgan fingerprint density at radius 3 is 2.20 bits per heavy atom. The van der Waals surface area contributed by atoms with Gasteiger partial charge >= 0.3 is 0 Å². The Morgan fingerprint density at radius 2 is 1.60 bits per heavy atom. The van der Waals surface area contributed by atoms with Crippen molar-refractivity contribution in [3.05, 3.63) is 59.9 Å². The van der Waals surface area contributed by atoms with Crippen LogP contribution in [0.3, 0.4) is 0 Å². The van der Waals surface area contributed by atoms with Crippen LogP contribution in [0.5, 0.6) is 5.75 Å². The van der Waals surface area contributed by atoms with E-state index in [-0.39, 0.29) is 11.7 Å². The second-order valence-electron chi connectivity index (χ2n) is 5.96. The molecule has 0 atom stereocenters. The van der Waals surface area contributed by atoms with Crippen LogP contribution in [0.4, 0.5) is 0 Å². The normalized spacial score (nSPS) is 15.0. The molecule has 1 aliphatic heterocycles. The lowest BCUT2D eigenvalue weighted by molar-refractivity contribution is 0.0624. The van der Waals surface area contributed by atoms with Crippen LogP contribution in [0, 0.1) is 0 Å². The van der Waals surface area contributed by atoms with Crippen LogP contribution < -0.4 is 4.74 Å². The van der Waals surface area contributed by atoms with Crippen molar-refractivity contribution in [2.24, 2.45) is 0 Å². The van der Waals surface area contributed by atoms with Crippen molar-refractivity contribution in [1.82, 2.24) is 14.8 Å². The fourth-order valence-electron chi connectivity index (χ4n) is 2.86. The van der Waals surface area contributed by atoms with Crippen molar-refractivity contribution in [2.45, 2.75) is 0 Å². The molecule has 0 spiro atoms. The van der Waals surface area contributed by atoms with Crippen LogP contribution in [-0.2, 0) is 0 Å². The van der Waals surface area contributed by atoms with Crippen LogP contribution in [0.25, 0.3) is 0 Å². The zero-order valence-electron chi connectivity index (χ0n) is 14.2. The van der Waals surface area contributed by atoms with E-state index in [1.165, 1.54) is 0 Å². The Hall–Kier alpha value is -2.73. The van der Waals surface area contributed by atoms with Crippen LogP contribution in [0.15, 0.2) is 48.8 Å². The lowest BCUT2D eigenvalue weighted by Crippen LogP contribution is -2.49. The van der Waals surface area contributed by atoms with Gasteiger partial charge in [-0.15, -0.1) is 0 Å². The van der Waals surface area contributed by atoms with Crippen molar-refractivity contribution in [3.8, 4) is 5.75 Å². The zero-order valence-corrected chi connectivity index (χ0v) is 14.2. The second kappa shape index (κ2) is 7.90. The summed E-state index contributed by atoms with van der Waals surface area (Å²) in [6.45, 7) is 3.00. The summed E-state index contributed by atoms with van der Waals surface area (Å²) in [5.74, 6) is 0.833. The predicted octanol–water partition coefficient (Wildman–Crippen LogP) is 1.73. The van der Waals surface area contributed by atoms with Crippen molar-refractivity contribution in [2.75, 3.05) is 39.8 Å². The summed E-state index contributed by atoms with van der Waals surface area (Å²) >= 11 is 0. The molecule has 1 fully saturated rings. The molecule has 3 rings (SSSR count). The van der Waals surface area contributed by atoms with Crippen molar-refractivity contribution in [3.63, 3.8) is 0 Å². The summed E-state index contributed by atoms with van der Waals surface area (Å²) in [7, 11) is 1.60. The molecule has 0 N–H and O–H groups in total. The van der Waals surface area contributed by atoms with Gasteiger partial charge in [0.2, 0.25) is 0 Å². The summed E-state index contributed by atoms with van der Waals surface area (Å²) in [5.41, 5.74) is 1.33. The summed E-state index contributed by atoms with van der Waals surface area (Å²) in [5, 5.41) is 0. The third kappa shape index (κ3) is 4.22. The average Bonchev–Trinajstić information content (AvgIpc) is 2.68. The molecule has 25 heavy (non-hydrogen) atoms. The highest BCUT2D eigenvalue weighted by Crippen LogP contribution is 2.13. The van der Waals surface area contributed by atoms with E-state index in [0.717, 1.165) is 5.75 Å². The number of hydrogen-bond donors (Lipinski definition) is 0. The summed E-state index contributed by atoms with van der Waals surface area (Å²) < 4.78 is 5.11. The standard InChI is InChI=1S/C19H21N3O3/c1-25-17-4-2-15(3-5-17)18(23)14-21-10-12-22(13-11-21)19(24)16-6-8-20-9-7-16/h2-9H,10-14H2,1H3. The van der Waals surface area contributed by atoms with Gasteiger partial charge in [0.25, 0.3) is 5.91 Å². The minimum atomic E-state index is 0.0172. The van der Waals surface area contributed by atoms with Crippen LogP contribution in [0.1, 0.15) is 20.7 Å². The summed E-state index contributed by atoms with van der Waals surface area (Å²) in [4.78, 5) is 32.6. The first-order valence-corrected chi connectivity index (χ1v) is 8.26. The van der Waals surface area contributed by atoms with Gasteiger partial charge in [-0.05, 0) is 36.4 Å². The second-order valence-corrected chi connectivity index (χ2v) is 5.96. The molecule has 6 heteroatoms. The molecule has 1 saturated heterocycles. The first-order valence-electron chi connectivity index (χ1n) is 8.26. The molecule has 1 amide bonds. The van der Waals surface area contributed by atoms with Crippen molar-refractivity contribution in [1.29, 1.82) is 0 Å². The summed E-state index contributed by atoms with van der Waals surface area (Å²) in [6, 6.07) is 10.6. The van der Waals surface area contributed by atoms with Gasteiger partial charge in [-0.25, -0.2) is 0 Å². The molecule has 1 aromatic carbocycles. The molecular formula is C19H21N3O3. The average molecular weight is 339 g/mol. The number of carbonyl (C=O) groups is 2. The van der Waals surface area contributed by atoms with Gasteiger partial charge < -0.3 is 9.64 Å². The van der Waals surface area contributed by atoms with E-state index >= 15 is 0 Å². The van der Waals surface area contributed by atoms with Crippen molar-refractivity contribution >= 4 is 11.7 Å². The van der Waals surface area contributed by atoms with E-state index in [1.807, 2.05) is 4.90 Å². The highest BCUT2D eigenvalue weighted by atomic mass is 16.5. The van der Waals surface area contributed by atoms with Gasteiger partial charge in [0.05, 0.1) is 13.7 Å². The molecule has 2 heterocycles. The molecule has 2 aromatic rings. The Balaban J connectivity index is 1.52. The minimum absolute atomic E-state index is 0.0172. The smallest absolute Gasteiger partial charge is 0.254 e. The number of aromatic nitrogens is 1. The monoisotopic (exact) mass is 339 g/mol. The largest absolute Gasteiger partial charge is 0.497 e. The van der Waals surface area contributed by atoms with E-state index in [1.54, 1.807) is 55.9 Å². The molecule has 0 radical (unpaired) electrons. The van der Waals surface area contributed by atoms with Crippen LogP contribution >= 0.6 is 0 Å². The molecule has 1 aliphatic rings. The Kier molecular flexibility index (Phi) is 5.40. The maximum Gasteiger partial charge on any atom is 0.254 e. The number of Topliss-reactive ketones (excluding diaryl/α,β-unsaturated/α-hetero) is 1. The molecule has 1 aromatic heterocycles. The van der Waals surface area contributed by atoms with Crippen LogP contribution in [0.2, 0.25) is 0 Å². The number of amides is 1. The number of ketones is 1. The lowest BCUT2D eigenvalue weighted by Gasteiger charge is -2.34. The quantitative estimate of drug-likeness (QED) is 0.777. The van der Waals surface area contributed by atoms with E-state index < -0.39 is 0 Å². The number of ether oxygens (including phenoxy) is 1. The number of carbonyl (C=O) groups excluding carboxylic acids is 2. The first-order chi connectivity index (χ1) is 12.2. The Labute approximate surface area is 147 Å². The van der Waals surface area contributed by atoms with Gasteiger partial charge in [0.15, 0.2) is 5.78 Å². The van der Waals surface area contributed by atoms with Crippen LogP contribution in [-0.4, -0.2) is 66.3 Å². The van der Waals surface area contributed by atoms with Gasteiger partial charge in [0.1, 0.15) is 5.75 Å². The van der Waals surface area contributed by atoms with Gasteiger partial charge in [-0.3, -0.25) is 19.5 Å². The number of rotatable bonds is 5. The van der Waals surface area contributed by atoms with E-state index in [4.69, 9.17) is 4.74 Å². The number of piperazine rings is 1. The zero-order chi connectivity index (χ0) is 17.6. The molecule has 0 aliphatic carbocycles. The molecule has 0 bridgehead atoms. The molecule has 0 saturated carbocycles. The topological polar surface area (TPSA) is 62.7 Å². The first kappa shape index (κ1) is 17.1. The minimum Gasteiger partial charge on any atom is -0.497 e. The maximum absolute atomic E-state index is 12.4. The van der Waals surface area contributed by atoms with E-state index in [2.05, 4.69) is 9.88 Å². The predicted molar refractivity (Wildman–Crippen MR) is 93.9 cm³/mol. The Bertz CT molecular complexity index is 723. The fraction of sp³-hybridized carbons (Fsp3) is 0.316. The molecule has 0 unspecified atom stereocenters. The number of hydrogen-bond acceptors (Lipinski definition) is 5. The van der Waals surface area contributed by atoms with Gasteiger partial charge in [0, 0.05) is 49.7 Å². The Morgan fingerprint density at radius 1 is 0.960 bits per heavy atom. The van der Waals surface area contributed by atoms with E-state index in [9.17, 15) is 9.59 Å². The molecule has 6 nitrogen and oxygen atoms in total. The number of pyridine rings is 1. The lowest BCUT2D eigenvalue weighted by atomic mass is 10.1. The summed E-state index contributed by atoms with van der Waals surface area (Å²) in [6.07, 6.45) is 3.24. The maximum atomic E-state index is 12.4. The van der Waals surface area contributed by atoms with Gasteiger partial charge in [-0.1, -0.05) is 0 Å². The van der Waals surface area contributed by atoms with Crippen molar-refractivity contribution < 1.29 is 14.3 Å². The molecule has 130 valence electrons. The third-order valence-corrected chi connectivity index (χ3v) is 4.37. The third-order valence-electron chi connectivity index (χ3n) is 4.37. The highest BCUT2D eigenvalue weighted by molar-refractivity contribution is 5.97. The van der Waals surface area contributed by atoms with E-state index in [0.29, 0.717) is 43.9 Å². The van der Waals surface area contributed by atoms with Gasteiger partial charge in [-0.2, -0.15) is 0 Å². The SMILES string of the molecule is COc1ccc(C(=O)CN2CCN(C(=O)c3ccncc3)CC2)cc1. The number of methoxy groups -OCH3 is 1.